The number of amides is 1. The van der Waals surface area contributed by atoms with Crippen LogP contribution in [0.2, 0.25) is 0 Å². The first-order valence-corrected chi connectivity index (χ1v) is 9.11. The van der Waals surface area contributed by atoms with E-state index in [1.54, 1.807) is 20.8 Å². The standard InChI is InChI=1S/C20H29NO5/c1-20(2,3)26-19(25)21-16(12-13-8-5-4-6-9-13)17(22)14-10-7-11-15(14)18(23)24/h4-6,8-9,14-17,22H,7,10-12H2,1-3H3,(H,21,25)(H,23,24)/t14-,15-,16+,17?/m1/s1. The van der Waals surface area contributed by atoms with Crippen LogP contribution < -0.4 is 5.32 Å². The van der Waals surface area contributed by atoms with Gasteiger partial charge in [0.05, 0.1) is 18.1 Å². The number of hydrogen-bond donors (Lipinski definition) is 3. The summed E-state index contributed by atoms with van der Waals surface area (Å²) >= 11 is 0. The highest BCUT2D eigenvalue weighted by molar-refractivity contribution is 5.71. The second-order valence-corrected chi connectivity index (χ2v) is 7.97. The van der Waals surface area contributed by atoms with E-state index in [0.717, 1.165) is 12.0 Å². The quantitative estimate of drug-likeness (QED) is 0.722. The molecule has 0 saturated heterocycles. The Balaban J connectivity index is 2.16. The maximum absolute atomic E-state index is 12.2. The van der Waals surface area contributed by atoms with E-state index in [-0.39, 0.29) is 5.92 Å². The summed E-state index contributed by atoms with van der Waals surface area (Å²) in [4.78, 5) is 23.7. The molecule has 1 aliphatic carbocycles. The predicted octanol–water partition coefficient (Wildman–Crippen LogP) is 2.98. The van der Waals surface area contributed by atoms with Gasteiger partial charge in [-0.15, -0.1) is 0 Å². The maximum Gasteiger partial charge on any atom is 0.407 e. The summed E-state index contributed by atoms with van der Waals surface area (Å²) in [5.74, 6) is -1.85. The Morgan fingerprint density at radius 2 is 1.88 bits per heavy atom. The van der Waals surface area contributed by atoms with Crippen LogP contribution in [0.15, 0.2) is 30.3 Å². The van der Waals surface area contributed by atoms with Crippen LogP contribution >= 0.6 is 0 Å². The molecule has 1 amide bonds. The van der Waals surface area contributed by atoms with Crippen molar-refractivity contribution in [1.29, 1.82) is 0 Å². The zero-order chi connectivity index (χ0) is 19.3. The Labute approximate surface area is 154 Å². The van der Waals surface area contributed by atoms with Crippen molar-refractivity contribution in [3.63, 3.8) is 0 Å². The number of aliphatic hydroxyl groups is 1. The number of aliphatic carboxylic acids is 1. The zero-order valence-corrected chi connectivity index (χ0v) is 15.6. The number of hydrogen-bond acceptors (Lipinski definition) is 4. The number of benzene rings is 1. The van der Waals surface area contributed by atoms with E-state index in [1.807, 2.05) is 30.3 Å². The molecule has 4 atom stereocenters. The first kappa shape index (κ1) is 20.2. The number of carboxylic acids is 1. The Bertz CT molecular complexity index is 610. The van der Waals surface area contributed by atoms with E-state index in [9.17, 15) is 19.8 Å². The molecule has 3 N–H and O–H groups in total. The molecule has 0 heterocycles. The summed E-state index contributed by atoms with van der Waals surface area (Å²) in [5, 5.41) is 23.1. The van der Waals surface area contributed by atoms with Crippen LogP contribution in [0.5, 0.6) is 0 Å². The molecule has 6 nitrogen and oxygen atoms in total. The molecule has 0 aromatic heterocycles. The molecule has 26 heavy (non-hydrogen) atoms. The molecule has 1 saturated carbocycles. The Morgan fingerprint density at radius 3 is 2.46 bits per heavy atom. The van der Waals surface area contributed by atoms with Crippen molar-refractivity contribution in [1.82, 2.24) is 5.32 Å². The van der Waals surface area contributed by atoms with Gasteiger partial charge in [0, 0.05) is 5.92 Å². The van der Waals surface area contributed by atoms with Crippen molar-refractivity contribution in [2.75, 3.05) is 0 Å². The normalized spacial score (nSPS) is 22.5. The molecular weight excluding hydrogens is 334 g/mol. The second-order valence-electron chi connectivity index (χ2n) is 7.97. The van der Waals surface area contributed by atoms with Crippen molar-refractivity contribution in [2.45, 2.75) is 64.2 Å². The number of aliphatic hydroxyl groups excluding tert-OH is 1. The number of alkyl carbamates (subject to hydrolysis) is 1. The number of rotatable bonds is 6. The Morgan fingerprint density at radius 1 is 1.23 bits per heavy atom. The van der Waals surface area contributed by atoms with Crippen LogP contribution in [0, 0.1) is 11.8 Å². The highest BCUT2D eigenvalue weighted by Gasteiger charge is 2.41. The molecule has 0 aliphatic heterocycles. The third-order valence-corrected chi connectivity index (χ3v) is 4.74. The Kier molecular flexibility index (Phi) is 6.64. The average molecular weight is 363 g/mol. The molecule has 1 unspecified atom stereocenters. The van der Waals surface area contributed by atoms with Crippen LogP contribution in [0.1, 0.15) is 45.6 Å². The van der Waals surface area contributed by atoms with Gasteiger partial charge in [-0.3, -0.25) is 4.79 Å². The first-order chi connectivity index (χ1) is 12.2. The predicted molar refractivity (Wildman–Crippen MR) is 97.8 cm³/mol. The van der Waals surface area contributed by atoms with Gasteiger partial charge in [0.15, 0.2) is 0 Å². The maximum atomic E-state index is 12.2. The Hall–Kier alpha value is -2.08. The monoisotopic (exact) mass is 363 g/mol. The van der Waals surface area contributed by atoms with Crippen LogP contribution in [-0.2, 0) is 16.0 Å². The minimum Gasteiger partial charge on any atom is -0.481 e. The third kappa shape index (κ3) is 5.73. The van der Waals surface area contributed by atoms with E-state index < -0.39 is 35.7 Å². The summed E-state index contributed by atoms with van der Waals surface area (Å²) < 4.78 is 5.32. The molecule has 2 rings (SSSR count). The van der Waals surface area contributed by atoms with E-state index in [0.29, 0.717) is 19.3 Å². The average Bonchev–Trinajstić information content (AvgIpc) is 3.02. The molecular formula is C20H29NO5. The summed E-state index contributed by atoms with van der Waals surface area (Å²) in [7, 11) is 0. The van der Waals surface area contributed by atoms with Crippen molar-refractivity contribution in [2.24, 2.45) is 11.8 Å². The molecule has 1 fully saturated rings. The van der Waals surface area contributed by atoms with E-state index >= 15 is 0 Å². The fraction of sp³-hybridized carbons (Fsp3) is 0.600. The lowest BCUT2D eigenvalue weighted by atomic mass is 9.85. The number of carboxylic acid groups (broad SMARTS) is 1. The van der Waals surface area contributed by atoms with Gasteiger partial charge in [0.2, 0.25) is 0 Å². The van der Waals surface area contributed by atoms with Crippen LogP contribution in [0.3, 0.4) is 0 Å². The van der Waals surface area contributed by atoms with Gasteiger partial charge in [-0.25, -0.2) is 4.79 Å². The van der Waals surface area contributed by atoms with Gasteiger partial charge in [-0.1, -0.05) is 36.8 Å². The molecule has 0 radical (unpaired) electrons. The van der Waals surface area contributed by atoms with Gasteiger partial charge in [0.25, 0.3) is 0 Å². The highest BCUT2D eigenvalue weighted by Crippen LogP contribution is 2.36. The van der Waals surface area contributed by atoms with E-state index in [1.165, 1.54) is 0 Å². The fourth-order valence-corrected chi connectivity index (χ4v) is 3.59. The molecule has 1 aliphatic rings. The topological polar surface area (TPSA) is 95.9 Å². The first-order valence-electron chi connectivity index (χ1n) is 9.11. The molecule has 0 bridgehead atoms. The van der Waals surface area contributed by atoms with E-state index in [2.05, 4.69) is 5.32 Å². The lowest BCUT2D eigenvalue weighted by Crippen LogP contribution is -2.50. The van der Waals surface area contributed by atoms with E-state index in [4.69, 9.17) is 4.74 Å². The summed E-state index contributed by atoms with van der Waals surface area (Å²) in [6.07, 6.45) is 0.808. The van der Waals surface area contributed by atoms with Gasteiger partial charge in [-0.05, 0) is 45.6 Å². The number of carbonyl (C=O) groups excluding carboxylic acids is 1. The van der Waals surface area contributed by atoms with Gasteiger partial charge in [0.1, 0.15) is 5.60 Å². The van der Waals surface area contributed by atoms with Gasteiger partial charge < -0.3 is 20.3 Å². The zero-order valence-electron chi connectivity index (χ0n) is 15.6. The second kappa shape index (κ2) is 8.54. The third-order valence-electron chi connectivity index (χ3n) is 4.74. The number of nitrogens with one attached hydrogen (secondary N) is 1. The largest absolute Gasteiger partial charge is 0.481 e. The fourth-order valence-electron chi connectivity index (χ4n) is 3.59. The minimum atomic E-state index is -0.952. The van der Waals surface area contributed by atoms with Gasteiger partial charge >= 0.3 is 12.1 Å². The van der Waals surface area contributed by atoms with Crippen LogP contribution in [-0.4, -0.2) is 40.0 Å². The summed E-state index contributed by atoms with van der Waals surface area (Å²) in [5.41, 5.74) is 0.306. The number of ether oxygens (including phenoxy) is 1. The summed E-state index contributed by atoms with van der Waals surface area (Å²) in [6.45, 7) is 5.31. The van der Waals surface area contributed by atoms with Crippen LogP contribution in [0.25, 0.3) is 0 Å². The lowest BCUT2D eigenvalue weighted by Gasteiger charge is -2.31. The molecule has 1 aromatic carbocycles. The van der Waals surface area contributed by atoms with Crippen molar-refractivity contribution in [3.8, 4) is 0 Å². The van der Waals surface area contributed by atoms with Crippen LogP contribution in [0.4, 0.5) is 4.79 Å². The van der Waals surface area contributed by atoms with Crippen molar-refractivity contribution < 1.29 is 24.5 Å². The van der Waals surface area contributed by atoms with Crippen molar-refractivity contribution >= 4 is 12.1 Å². The summed E-state index contributed by atoms with van der Waals surface area (Å²) in [6, 6.07) is 8.90. The molecule has 0 spiro atoms. The smallest absolute Gasteiger partial charge is 0.407 e. The SMILES string of the molecule is CC(C)(C)OC(=O)N[C@@H](Cc1ccccc1)C(O)[C@@H]1CCC[C@H]1C(=O)O. The molecule has 144 valence electrons. The van der Waals surface area contributed by atoms with Gasteiger partial charge in [-0.2, -0.15) is 0 Å². The molecule has 6 heteroatoms. The lowest BCUT2D eigenvalue weighted by molar-refractivity contribution is -0.144. The van der Waals surface area contributed by atoms with Crippen molar-refractivity contribution in [3.05, 3.63) is 35.9 Å². The molecule has 1 aromatic rings. The number of carbonyl (C=O) groups is 2. The minimum absolute atomic E-state index is 0.379. The highest BCUT2D eigenvalue weighted by atomic mass is 16.6.